The number of rotatable bonds is 6. The number of amides is 1. The van der Waals surface area contributed by atoms with Crippen LogP contribution < -0.4 is 15.5 Å². The lowest BCUT2D eigenvalue weighted by atomic mass is 10.1. The molecule has 0 aliphatic heterocycles. The molecule has 2 aromatic carbocycles. The molecule has 0 radical (unpaired) electrons. The van der Waals surface area contributed by atoms with Gasteiger partial charge in [0.15, 0.2) is 5.43 Å². The molecule has 0 unspecified atom stereocenters. The number of hydrogen-bond acceptors (Lipinski definition) is 4. The van der Waals surface area contributed by atoms with E-state index in [1.165, 1.54) is 37.7 Å². The van der Waals surface area contributed by atoms with Crippen molar-refractivity contribution in [3.05, 3.63) is 82.0 Å². The van der Waals surface area contributed by atoms with Gasteiger partial charge in [0, 0.05) is 18.7 Å². The molecule has 0 aliphatic carbocycles. The van der Waals surface area contributed by atoms with Gasteiger partial charge in [-0.15, -0.1) is 0 Å². The van der Waals surface area contributed by atoms with Crippen LogP contribution in [-0.2, 0) is 11.2 Å². The van der Waals surface area contributed by atoms with Gasteiger partial charge in [-0.05, 0) is 42.3 Å². The molecule has 1 N–H and O–H groups in total. The summed E-state index contributed by atoms with van der Waals surface area (Å²) in [6.45, 7) is 0.404. The Morgan fingerprint density at radius 1 is 1.22 bits per heavy atom. The summed E-state index contributed by atoms with van der Waals surface area (Å²) in [6, 6.07) is 11.0. The second-order valence-electron chi connectivity index (χ2n) is 5.88. The Morgan fingerprint density at radius 2 is 2.00 bits per heavy atom. The van der Waals surface area contributed by atoms with Crippen LogP contribution in [0.5, 0.6) is 5.75 Å². The Morgan fingerprint density at radius 3 is 2.74 bits per heavy atom. The maximum Gasteiger partial charge on any atom is 0.244 e. The van der Waals surface area contributed by atoms with Crippen molar-refractivity contribution in [3.63, 3.8) is 0 Å². The molecule has 0 fully saturated rings. The first-order chi connectivity index (χ1) is 13.1. The number of ether oxygens (including phenoxy) is 1. The van der Waals surface area contributed by atoms with Crippen molar-refractivity contribution in [3.8, 4) is 5.75 Å². The summed E-state index contributed by atoms with van der Waals surface area (Å²) >= 11 is 0. The highest BCUT2D eigenvalue weighted by atomic mass is 19.1. The second-order valence-corrected chi connectivity index (χ2v) is 5.88. The van der Waals surface area contributed by atoms with Gasteiger partial charge in [-0.1, -0.05) is 12.1 Å². The highest BCUT2D eigenvalue weighted by Gasteiger charge is 2.06. The van der Waals surface area contributed by atoms with Gasteiger partial charge >= 0.3 is 0 Å². The lowest BCUT2D eigenvalue weighted by molar-refractivity contribution is -0.116. The maximum atomic E-state index is 12.8. The summed E-state index contributed by atoms with van der Waals surface area (Å²) in [5.41, 5.74) is 1.39. The van der Waals surface area contributed by atoms with Crippen molar-refractivity contribution in [2.75, 3.05) is 13.7 Å². The zero-order valence-electron chi connectivity index (χ0n) is 14.7. The van der Waals surface area contributed by atoms with Crippen molar-refractivity contribution in [1.82, 2.24) is 5.32 Å². The molecule has 1 amide bonds. The molecule has 138 valence electrons. The third kappa shape index (κ3) is 4.61. The predicted octanol–water partition coefficient (Wildman–Crippen LogP) is 3.31. The van der Waals surface area contributed by atoms with E-state index in [0.29, 0.717) is 29.7 Å². The molecule has 3 aromatic rings. The number of fused-ring (bicyclic) bond motifs is 1. The monoisotopic (exact) mass is 367 g/mol. The Balaban J connectivity index is 1.62. The van der Waals surface area contributed by atoms with Crippen LogP contribution in [0, 0.1) is 5.82 Å². The van der Waals surface area contributed by atoms with Crippen LogP contribution in [0.2, 0.25) is 0 Å². The normalized spacial score (nSPS) is 11.0. The van der Waals surface area contributed by atoms with Crippen molar-refractivity contribution in [1.29, 1.82) is 0 Å². The first-order valence-corrected chi connectivity index (χ1v) is 8.37. The van der Waals surface area contributed by atoms with E-state index < -0.39 is 0 Å². The average molecular weight is 367 g/mol. The SMILES string of the molecule is COc1ccc2c(=O)c(/C=C/C(=O)NCCc3ccc(F)cc3)coc2c1. The van der Waals surface area contributed by atoms with E-state index in [9.17, 15) is 14.0 Å². The zero-order chi connectivity index (χ0) is 19.2. The smallest absolute Gasteiger partial charge is 0.244 e. The van der Waals surface area contributed by atoms with Crippen molar-refractivity contribution in [2.45, 2.75) is 6.42 Å². The summed E-state index contributed by atoms with van der Waals surface area (Å²) in [5, 5.41) is 3.13. The van der Waals surface area contributed by atoms with Gasteiger partial charge in [-0.25, -0.2) is 4.39 Å². The molecule has 0 atom stereocenters. The Labute approximate surface area is 155 Å². The topological polar surface area (TPSA) is 68.5 Å². The van der Waals surface area contributed by atoms with Gasteiger partial charge in [0.05, 0.1) is 18.1 Å². The van der Waals surface area contributed by atoms with Crippen LogP contribution in [0.15, 0.2) is 64.0 Å². The average Bonchev–Trinajstić information content (AvgIpc) is 2.68. The van der Waals surface area contributed by atoms with E-state index >= 15 is 0 Å². The molecule has 3 rings (SSSR count). The van der Waals surface area contributed by atoms with E-state index in [0.717, 1.165) is 5.56 Å². The Kier molecular flexibility index (Phi) is 5.66. The zero-order valence-corrected chi connectivity index (χ0v) is 14.7. The molecule has 0 spiro atoms. The van der Waals surface area contributed by atoms with Gasteiger partial charge < -0.3 is 14.5 Å². The standard InChI is InChI=1S/C21H18FNO4/c1-26-17-7-8-18-19(12-17)27-13-15(21(18)25)4-9-20(24)23-11-10-14-2-5-16(22)6-3-14/h2-9,12-13H,10-11H2,1H3,(H,23,24)/b9-4+. The van der Waals surface area contributed by atoms with Crippen LogP contribution in [0.4, 0.5) is 4.39 Å². The fourth-order valence-electron chi connectivity index (χ4n) is 2.57. The van der Waals surface area contributed by atoms with E-state index in [-0.39, 0.29) is 22.7 Å². The van der Waals surface area contributed by atoms with Crippen molar-refractivity contribution >= 4 is 23.0 Å². The summed E-state index contributed by atoms with van der Waals surface area (Å²) in [7, 11) is 1.53. The third-order valence-electron chi connectivity index (χ3n) is 4.05. The molecule has 1 aromatic heterocycles. The fourth-order valence-corrected chi connectivity index (χ4v) is 2.57. The Bertz CT molecular complexity index is 1040. The molecule has 6 heteroatoms. The fraction of sp³-hybridized carbons (Fsp3) is 0.143. The van der Waals surface area contributed by atoms with E-state index in [1.54, 1.807) is 30.3 Å². The molecule has 0 bridgehead atoms. The van der Waals surface area contributed by atoms with Gasteiger partial charge in [-0.2, -0.15) is 0 Å². The minimum absolute atomic E-state index is 0.228. The molecule has 0 saturated heterocycles. The lowest BCUT2D eigenvalue weighted by Crippen LogP contribution is -2.23. The first-order valence-electron chi connectivity index (χ1n) is 8.37. The van der Waals surface area contributed by atoms with Gasteiger partial charge in [-0.3, -0.25) is 9.59 Å². The molecule has 1 heterocycles. The first kappa shape index (κ1) is 18.4. The second kappa shape index (κ2) is 8.31. The van der Waals surface area contributed by atoms with E-state index in [2.05, 4.69) is 5.32 Å². The summed E-state index contributed by atoms with van der Waals surface area (Å²) < 4.78 is 23.4. The number of methoxy groups -OCH3 is 1. The van der Waals surface area contributed by atoms with Crippen LogP contribution in [0.25, 0.3) is 17.0 Å². The molecular formula is C21H18FNO4. The number of benzene rings is 2. The summed E-state index contributed by atoms with van der Waals surface area (Å²) in [6.07, 6.45) is 4.60. The van der Waals surface area contributed by atoms with E-state index in [1.807, 2.05) is 0 Å². The molecule has 0 saturated carbocycles. The quantitative estimate of drug-likeness (QED) is 0.679. The van der Waals surface area contributed by atoms with E-state index in [4.69, 9.17) is 9.15 Å². The number of carbonyl (C=O) groups is 1. The lowest BCUT2D eigenvalue weighted by Gasteiger charge is -2.03. The molecule has 5 nitrogen and oxygen atoms in total. The van der Waals surface area contributed by atoms with Gasteiger partial charge in [0.2, 0.25) is 5.91 Å². The van der Waals surface area contributed by atoms with Gasteiger partial charge in [0.25, 0.3) is 0 Å². The largest absolute Gasteiger partial charge is 0.497 e. The van der Waals surface area contributed by atoms with Crippen molar-refractivity contribution in [2.24, 2.45) is 0 Å². The number of halogens is 1. The van der Waals surface area contributed by atoms with Crippen LogP contribution >= 0.6 is 0 Å². The molecule has 0 aliphatic rings. The highest BCUT2D eigenvalue weighted by molar-refractivity contribution is 5.92. The van der Waals surface area contributed by atoms with Gasteiger partial charge in [0.1, 0.15) is 23.4 Å². The highest BCUT2D eigenvalue weighted by Crippen LogP contribution is 2.19. The summed E-state index contributed by atoms with van der Waals surface area (Å²) in [5.74, 6) is -0.0285. The minimum Gasteiger partial charge on any atom is -0.497 e. The minimum atomic E-state index is -0.327. The van der Waals surface area contributed by atoms with Crippen LogP contribution in [0.1, 0.15) is 11.1 Å². The third-order valence-corrected chi connectivity index (χ3v) is 4.05. The van der Waals surface area contributed by atoms with Crippen LogP contribution in [0.3, 0.4) is 0 Å². The number of nitrogens with one attached hydrogen (secondary N) is 1. The number of carbonyl (C=O) groups excluding carboxylic acids is 1. The molecular weight excluding hydrogens is 349 g/mol. The predicted molar refractivity (Wildman–Crippen MR) is 101 cm³/mol. The van der Waals surface area contributed by atoms with Crippen LogP contribution in [-0.4, -0.2) is 19.6 Å². The number of hydrogen-bond donors (Lipinski definition) is 1. The molecule has 27 heavy (non-hydrogen) atoms. The summed E-state index contributed by atoms with van der Waals surface area (Å²) in [4.78, 5) is 24.4. The Hall–Kier alpha value is -3.41. The van der Waals surface area contributed by atoms with Crippen molar-refractivity contribution < 1.29 is 18.3 Å². The maximum absolute atomic E-state index is 12.8.